The highest BCUT2D eigenvalue weighted by atomic mass is 35.5. The van der Waals surface area contributed by atoms with Gasteiger partial charge in [-0.15, -0.1) is 36.2 Å². The molecule has 0 saturated heterocycles. The largest absolute Gasteiger partial charge is 0.348 e. The molecule has 0 aliphatic rings. The van der Waals surface area contributed by atoms with Gasteiger partial charge in [0.1, 0.15) is 9.88 Å². The SMILES string of the molecule is C[C@@H](CN)NC(=O)c1cnc(-c2ccccn2)s1.Cl.Cl. The van der Waals surface area contributed by atoms with E-state index in [9.17, 15) is 4.79 Å². The first kappa shape index (κ1) is 18.8. The quantitative estimate of drug-likeness (QED) is 0.897. The van der Waals surface area contributed by atoms with Gasteiger partial charge in [-0.1, -0.05) is 6.07 Å². The third-order valence-electron chi connectivity index (χ3n) is 2.34. The van der Waals surface area contributed by atoms with E-state index in [0.29, 0.717) is 11.4 Å². The fourth-order valence-electron chi connectivity index (χ4n) is 1.34. The molecule has 2 heterocycles. The average Bonchev–Trinajstić information content (AvgIpc) is 2.89. The van der Waals surface area contributed by atoms with E-state index in [0.717, 1.165) is 10.7 Å². The summed E-state index contributed by atoms with van der Waals surface area (Å²) in [4.78, 5) is 20.8. The van der Waals surface area contributed by atoms with Gasteiger partial charge in [-0.2, -0.15) is 0 Å². The molecule has 110 valence electrons. The van der Waals surface area contributed by atoms with E-state index in [1.807, 2.05) is 25.1 Å². The molecular weight excluding hydrogens is 319 g/mol. The molecule has 0 radical (unpaired) electrons. The predicted molar refractivity (Wildman–Crippen MR) is 85.8 cm³/mol. The van der Waals surface area contributed by atoms with Gasteiger partial charge in [-0.25, -0.2) is 4.98 Å². The van der Waals surface area contributed by atoms with Gasteiger partial charge in [-0.3, -0.25) is 9.78 Å². The summed E-state index contributed by atoms with van der Waals surface area (Å²) in [5.74, 6) is -0.146. The van der Waals surface area contributed by atoms with Crippen LogP contribution in [0.5, 0.6) is 0 Å². The first-order valence-corrected chi connectivity index (χ1v) is 6.40. The van der Waals surface area contributed by atoms with Crippen molar-refractivity contribution < 1.29 is 4.79 Å². The van der Waals surface area contributed by atoms with E-state index in [1.165, 1.54) is 11.3 Å². The maximum Gasteiger partial charge on any atom is 0.263 e. The molecule has 2 aromatic rings. The normalized spacial score (nSPS) is 10.9. The number of amides is 1. The Hall–Kier alpha value is -1.21. The number of nitrogens with two attached hydrogens (primary N) is 1. The fourth-order valence-corrected chi connectivity index (χ4v) is 2.14. The van der Waals surface area contributed by atoms with Crippen molar-refractivity contribution >= 4 is 42.1 Å². The van der Waals surface area contributed by atoms with Crippen LogP contribution in [0, 0.1) is 0 Å². The number of carbonyl (C=O) groups excluding carboxylic acids is 1. The van der Waals surface area contributed by atoms with E-state index in [2.05, 4.69) is 15.3 Å². The monoisotopic (exact) mass is 334 g/mol. The van der Waals surface area contributed by atoms with Crippen molar-refractivity contribution in [3.63, 3.8) is 0 Å². The van der Waals surface area contributed by atoms with Crippen LogP contribution in [-0.2, 0) is 0 Å². The second-order valence-corrected chi connectivity index (χ2v) is 4.89. The van der Waals surface area contributed by atoms with Crippen LogP contribution in [0.25, 0.3) is 10.7 Å². The summed E-state index contributed by atoms with van der Waals surface area (Å²) in [5, 5.41) is 3.53. The van der Waals surface area contributed by atoms with E-state index < -0.39 is 0 Å². The van der Waals surface area contributed by atoms with Gasteiger partial charge in [0.2, 0.25) is 0 Å². The van der Waals surface area contributed by atoms with Crippen LogP contribution in [-0.4, -0.2) is 28.5 Å². The van der Waals surface area contributed by atoms with Crippen LogP contribution in [0.15, 0.2) is 30.6 Å². The number of carbonyl (C=O) groups is 1. The average molecular weight is 335 g/mol. The Morgan fingerprint density at radius 1 is 1.40 bits per heavy atom. The molecule has 8 heteroatoms. The third-order valence-corrected chi connectivity index (χ3v) is 3.36. The molecule has 0 bridgehead atoms. The molecule has 1 amide bonds. The van der Waals surface area contributed by atoms with E-state index >= 15 is 0 Å². The Morgan fingerprint density at radius 2 is 2.15 bits per heavy atom. The molecular formula is C12H16Cl2N4OS. The Morgan fingerprint density at radius 3 is 2.75 bits per heavy atom. The van der Waals surface area contributed by atoms with Crippen molar-refractivity contribution in [3.8, 4) is 10.7 Å². The molecule has 5 nitrogen and oxygen atoms in total. The minimum Gasteiger partial charge on any atom is -0.348 e. The fraction of sp³-hybridized carbons (Fsp3) is 0.250. The molecule has 0 fully saturated rings. The molecule has 0 spiro atoms. The molecule has 0 saturated carbocycles. The number of nitrogens with one attached hydrogen (secondary N) is 1. The zero-order valence-electron chi connectivity index (χ0n) is 10.8. The van der Waals surface area contributed by atoms with Crippen molar-refractivity contribution in [1.82, 2.24) is 15.3 Å². The Kier molecular flexibility index (Phi) is 8.33. The highest BCUT2D eigenvalue weighted by Gasteiger charge is 2.13. The van der Waals surface area contributed by atoms with Gasteiger partial charge in [0, 0.05) is 18.8 Å². The number of pyridine rings is 1. The lowest BCUT2D eigenvalue weighted by atomic mass is 10.3. The maximum atomic E-state index is 11.8. The number of aromatic nitrogens is 2. The number of rotatable bonds is 4. The minimum atomic E-state index is -0.146. The van der Waals surface area contributed by atoms with E-state index in [4.69, 9.17) is 5.73 Å². The maximum absolute atomic E-state index is 11.8. The van der Waals surface area contributed by atoms with Gasteiger partial charge in [0.05, 0.1) is 11.9 Å². The second-order valence-electron chi connectivity index (χ2n) is 3.85. The number of hydrogen-bond acceptors (Lipinski definition) is 5. The van der Waals surface area contributed by atoms with Gasteiger partial charge < -0.3 is 11.1 Å². The van der Waals surface area contributed by atoms with Crippen LogP contribution >= 0.6 is 36.2 Å². The Bertz CT molecular complexity index is 535. The Labute approximate surface area is 133 Å². The molecule has 0 aliphatic heterocycles. The number of nitrogens with zero attached hydrogens (tertiary/aromatic N) is 2. The smallest absolute Gasteiger partial charge is 0.263 e. The summed E-state index contributed by atoms with van der Waals surface area (Å²) >= 11 is 1.32. The summed E-state index contributed by atoms with van der Waals surface area (Å²) in [6, 6.07) is 5.55. The molecule has 2 aromatic heterocycles. The number of thiazole rings is 1. The molecule has 20 heavy (non-hydrogen) atoms. The standard InChI is InChI=1S/C12H14N4OS.2ClH/c1-8(6-13)16-11(17)10-7-15-12(18-10)9-4-2-3-5-14-9;;/h2-5,7-8H,6,13H2,1H3,(H,16,17);2*1H/t8-;;/m0../s1. The number of hydrogen-bond donors (Lipinski definition) is 2. The van der Waals surface area contributed by atoms with Crippen LogP contribution in [0.4, 0.5) is 0 Å². The highest BCUT2D eigenvalue weighted by molar-refractivity contribution is 7.16. The van der Waals surface area contributed by atoms with Gasteiger partial charge in [0.25, 0.3) is 5.91 Å². The lowest BCUT2D eigenvalue weighted by Crippen LogP contribution is -2.37. The number of halogens is 2. The van der Waals surface area contributed by atoms with Crippen molar-refractivity contribution in [3.05, 3.63) is 35.5 Å². The predicted octanol–water partition coefficient (Wildman–Crippen LogP) is 2.13. The molecule has 2 rings (SSSR count). The first-order chi connectivity index (χ1) is 8.70. The van der Waals surface area contributed by atoms with Crippen molar-refractivity contribution in [1.29, 1.82) is 0 Å². The summed E-state index contributed by atoms with van der Waals surface area (Å²) in [6.07, 6.45) is 3.26. The van der Waals surface area contributed by atoms with Gasteiger partial charge >= 0.3 is 0 Å². The first-order valence-electron chi connectivity index (χ1n) is 5.59. The van der Waals surface area contributed by atoms with Gasteiger partial charge in [0.15, 0.2) is 0 Å². The lowest BCUT2D eigenvalue weighted by molar-refractivity contribution is 0.0945. The van der Waals surface area contributed by atoms with Gasteiger partial charge in [-0.05, 0) is 19.1 Å². The highest BCUT2D eigenvalue weighted by Crippen LogP contribution is 2.22. The second kappa shape index (κ2) is 8.86. The molecule has 0 aromatic carbocycles. The zero-order valence-corrected chi connectivity index (χ0v) is 13.2. The summed E-state index contributed by atoms with van der Waals surface area (Å²) < 4.78 is 0. The Balaban J connectivity index is 0.00000180. The summed E-state index contributed by atoms with van der Waals surface area (Å²) in [7, 11) is 0. The minimum absolute atomic E-state index is 0. The lowest BCUT2D eigenvalue weighted by Gasteiger charge is -2.09. The molecule has 0 aliphatic carbocycles. The van der Waals surface area contributed by atoms with Crippen LogP contribution < -0.4 is 11.1 Å². The van der Waals surface area contributed by atoms with Crippen LogP contribution in [0.2, 0.25) is 0 Å². The topological polar surface area (TPSA) is 80.9 Å². The molecule has 0 unspecified atom stereocenters. The summed E-state index contributed by atoms with van der Waals surface area (Å²) in [6.45, 7) is 2.27. The summed E-state index contributed by atoms with van der Waals surface area (Å²) in [5.41, 5.74) is 6.23. The van der Waals surface area contributed by atoms with Crippen molar-refractivity contribution in [2.24, 2.45) is 5.73 Å². The van der Waals surface area contributed by atoms with Crippen LogP contribution in [0.1, 0.15) is 16.6 Å². The molecule has 3 N–H and O–H groups in total. The van der Waals surface area contributed by atoms with E-state index in [1.54, 1.807) is 12.4 Å². The van der Waals surface area contributed by atoms with Crippen molar-refractivity contribution in [2.75, 3.05) is 6.54 Å². The van der Waals surface area contributed by atoms with Crippen molar-refractivity contribution in [2.45, 2.75) is 13.0 Å². The van der Waals surface area contributed by atoms with E-state index in [-0.39, 0.29) is 36.8 Å². The van der Waals surface area contributed by atoms with Crippen LogP contribution in [0.3, 0.4) is 0 Å². The zero-order chi connectivity index (χ0) is 13.0. The third kappa shape index (κ3) is 4.72. The molecule has 1 atom stereocenters.